The molecule has 0 spiro atoms. The van der Waals surface area contributed by atoms with E-state index in [9.17, 15) is 14.4 Å². The number of hydrogen-bond donors (Lipinski definition) is 0. The summed E-state index contributed by atoms with van der Waals surface area (Å²) in [4.78, 5) is 38.4. The van der Waals surface area contributed by atoms with E-state index in [0.29, 0.717) is 19.3 Å². The van der Waals surface area contributed by atoms with Crippen molar-refractivity contribution in [3.8, 4) is 0 Å². The molecule has 1 atom stereocenters. The molecule has 0 rings (SSSR count). The minimum Gasteiger partial charge on any atom is -0.462 e. The van der Waals surface area contributed by atoms with Gasteiger partial charge in [-0.15, -0.1) is 0 Å². The lowest BCUT2D eigenvalue weighted by atomic mass is 10.1. The van der Waals surface area contributed by atoms with Crippen molar-refractivity contribution < 1.29 is 28.6 Å². The van der Waals surface area contributed by atoms with Gasteiger partial charge in [-0.1, -0.05) is 291 Å². The molecule has 0 N–H and O–H groups in total. The number of esters is 3. The average Bonchev–Trinajstić information content (AvgIpc) is 3.47. The van der Waals surface area contributed by atoms with Crippen LogP contribution in [0.15, 0.2) is 109 Å². The smallest absolute Gasteiger partial charge is 0.306 e. The van der Waals surface area contributed by atoms with Gasteiger partial charge in [0.05, 0.1) is 0 Å². The Morgan fingerprint density at radius 1 is 0.259 bits per heavy atom. The fourth-order valence-corrected chi connectivity index (χ4v) is 9.59. The van der Waals surface area contributed by atoms with Gasteiger partial charge in [0.1, 0.15) is 13.2 Å². The zero-order chi connectivity index (χ0) is 58.5. The first-order valence-electron chi connectivity index (χ1n) is 34.4. The first kappa shape index (κ1) is 77.1. The molecule has 0 aliphatic carbocycles. The van der Waals surface area contributed by atoms with Crippen LogP contribution in [0.4, 0.5) is 0 Å². The first-order chi connectivity index (χ1) is 40.0. The Morgan fingerprint density at radius 3 is 0.765 bits per heavy atom. The highest BCUT2D eigenvalue weighted by Crippen LogP contribution is 2.16. The predicted octanol–water partition coefficient (Wildman–Crippen LogP) is 23.8. The molecule has 0 bridgehead atoms. The molecule has 0 radical (unpaired) electrons. The molecule has 0 fully saturated rings. The molecule has 1 unspecified atom stereocenters. The van der Waals surface area contributed by atoms with E-state index in [1.807, 2.05) is 0 Å². The first-order valence-corrected chi connectivity index (χ1v) is 34.4. The lowest BCUT2D eigenvalue weighted by Crippen LogP contribution is -2.30. The van der Waals surface area contributed by atoms with Gasteiger partial charge in [0, 0.05) is 19.3 Å². The van der Waals surface area contributed by atoms with Gasteiger partial charge in [-0.25, -0.2) is 0 Å². The summed E-state index contributed by atoms with van der Waals surface area (Å²) in [5.41, 5.74) is 0. The number of carbonyl (C=O) groups excluding carboxylic acids is 3. The van der Waals surface area contributed by atoms with E-state index in [2.05, 4.69) is 130 Å². The van der Waals surface area contributed by atoms with Gasteiger partial charge in [0.25, 0.3) is 0 Å². The SMILES string of the molecule is CC/C=C\C/C=C\C/C=C\C/C=C\C/C=C\C/C=C\C/C=C\CCCCCCCCCC(=O)OCC(COC(=O)CCCCCCC/C=C\CCCCCCCC)OC(=O)CCCCCCCCCCC/C=C\CCCCCCCC. The average molecular weight is 1130 g/mol. The lowest BCUT2D eigenvalue weighted by molar-refractivity contribution is -0.167. The van der Waals surface area contributed by atoms with E-state index < -0.39 is 6.10 Å². The number of allylic oxidation sites excluding steroid dienone is 18. The molecule has 0 aliphatic rings. The van der Waals surface area contributed by atoms with E-state index in [1.165, 1.54) is 173 Å². The molecule has 0 heterocycles. The molecule has 0 aromatic rings. The molecule has 464 valence electrons. The second kappa shape index (κ2) is 68.6. The second-order valence-corrected chi connectivity index (χ2v) is 22.7. The van der Waals surface area contributed by atoms with Gasteiger partial charge in [0.15, 0.2) is 6.10 Å². The van der Waals surface area contributed by atoms with Gasteiger partial charge >= 0.3 is 17.9 Å². The summed E-state index contributed by atoms with van der Waals surface area (Å²) < 4.78 is 17.0. The Morgan fingerprint density at radius 2 is 0.481 bits per heavy atom. The van der Waals surface area contributed by atoms with E-state index in [4.69, 9.17) is 14.2 Å². The van der Waals surface area contributed by atoms with Crippen LogP contribution < -0.4 is 0 Å². The Bertz CT molecular complexity index is 1620. The molecular formula is C75H128O6. The van der Waals surface area contributed by atoms with Crippen molar-refractivity contribution in [2.24, 2.45) is 0 Å². The zero-order valence-electron chi connectivity index (χ0n) is 53.3. The summed E-state index contributed by atoms with van der Waals surface area (Å²) >= 11 is 0. The van der Waals surface area contributed by atoms with Crippen LogP contribution in [-0.4, -0.2) is 37.2 Å². The third kappa shape index (κ3) is 66.8. The molecule has 0 saturated heterocycles. The Labute approximate surface area is 501 Å². The Kier molecular flexibility index (Phi) is 65.2. The summed E-state index contributed by atoms with van der Waals surface area (Å²) in [6.45, 7) is 6.53. The maximum absolute atomic E-state index is 12.9. The van der Waals surface area contributed by atoms with Crippen molar-refractivity contribution in [1.82, 2.24) is 0 Å². The minimum atomic E-state index is -0.790. The van der Waals surface area contributed by atoms with E-state index >= 15 is 0 Å². The second-order valence-electron chi connectivity index (χ2n) is 22.7. The van der Waals surface area contributed by atoms with Crippen LogP contribution in [0.5, 0.6) is 0 Å². The summed E-state index contributed by atoms with van der Waals surface area (Å²) in [6, 6.07) is 0. The van der Waals surface area contributed by atoms with E-state index in [0.717, 1.165) is 116 Å². The van der Waals surface area contributed by atoms with Crippen LogP contribution >= 0.6 is 0 Å². The van der Waals surface area contributed by atoms with Gasteiger partial charge < -0.3 is 14.2 Å². The van der Waals surface area contributed by atoms with Gasteiger partial charge in [-0.05, 0) is 128 Å². The monoisotopic (exact) mass is 1120 g/mol. The van der Waals surface area contributed by atoms with Crippen LogP contribution in [-0.2, 0) is 28.6 Å². The van der Waals surface area contributed by atoms with Gasteiger partial charge in [0.2, 0.25) is 0 Å². The highest BCUT2D eigenvalue weighted by atomic mass is 16.6. The van der Waals surface area contributed by atoms with Crippen LogP contribution in [0.2, 0.25) is 0 Å². The Hall–Kier alpha value is -3.93. The number of carbonyl (C=O) groups is 3. The van der Waals surface area contributed by atoms with Crippen molar-refractivity contribution in [2.75, 3.05) is 13.2 Å². The third-order valence-electron chi connectivity index (χ3n) is 14.7. The van der Waals surface area contributed by atoms with Crippen LogP contribution in [0, 0.1) is 0 Å². The van der Waals surface area contributed by atoms with Crippen molar-refractivity contribution in [1.29, 1.82) is 0 Å². The maximum atomic E-state index is 12.9. The summed E-state index contributed by atoms with van der Waals surface area (Å²) in [6.07, 6.45) is 93.8. The molecule has 6 heteroatoms. The van der Waals surface area contributed by atoms with Gasteiger partial charge in [-0.3, -0.25) is 14.4 Å². The zero-order valence-corrected chi connectivity index (χ0v) is 53.3. The van der Waals surface area contributed by atoms with Crippen molar-refractivity contribution in [2.45, 2.75) is 335 Å². The topological polar surface area (TPSA) is 78.9 Å². The van der Waals surface area contributed by atoms with Crippen LogP contribution in [0.1, 0.15) is 329 Å². The highest BCUT2D eigenvalue weighted by Gasteiger charge is 2.19. The molecular weight excluding hydrogens is 997 g/mol. The van der Waals surface area contributed by atoms with Crippen molar-refractivity contribution in [3.63, 3.8) is 0 Å². The molecule has 0 amide bonds. The summed E-state index contributed by atoms with van der Waals surface area (Å²) in [5.74, 6) is -0.895. The lowest BCUT2D eigenvalue weighted by Gasteiger charge is -2.18. The molecule has 81 heavy (non-hydrogen) atoms. The fraction of sp³-hybridized carbons (Fsp3) is 0.720. The van der Waals surface area contributed by atoms with E-state index in [1.54, 1.807) is 0 Å². The number of hydrogen-bond acceptors (Lipinski definition) is 6. The minimum absolute atomic E-state index is 0.0856. The number of unbranched alkanes of at least 4 members (excludes halogenated alkanes) is 33. The van der Waals surface area contributed by atoms with Crippen molar-refractivity contribution >= 4 is 17.9 Å². The van der Waals surface area contributed by atoms with E-state index in [-0.39, 0.29) is 31.1 Å². The quantitative estimate of drug-likeness (QED) is 0.0261. The Balaban J connectivity index is 4.36. The highest BCUT2D eigenvalue weighted by molar-refractivity contribution is 5.71. The standard InChI is InChI=1S/C75H128O6/c1-4-7-10-13-16-19-22-25-28-30-32-33-34-35-36-37-38-39-40-41-43-44-47-50-53-56-59-62-65-68-74(77)80-71-72(70-79-73(76)67-64-61-58-55-52-49-46-27-24-21-18-15-12-9-6-3)81-75(78)69-66-63-60-57-54-51-48-45-42-31-29-26-23-20-17-14-11-8-5-2/h7,10,16,19,25-29,32-33,35-36,38-39,41,43,46,72H,4-6,8-9,11-15,17-18,20-24,30-31,34,37,40,42,44-45,47-71H2,1-3H3/b10-7-,19-16-,28-25-,29-26-,33-32-,36-35-,39-38-,43-41-,46-27-. The molecule has 0 saturated carbocycles. The molecule has 0 aromatic heterocycles. The third-order valence-corrected chi connectivity index (χ3v) is 14.7. The van der Waals surface area contributed by atoms with Gasteiger partial charge in [-0.2, -0.15) is 0 Å². The van der Waals surface area contributed by atoms with Crippen LogP contribution in [0.25, 0.3) is 0 Å². The molecule has 0 aromatic carbocycles. The normalized spacial score (nSPS) is 12.8. The summed E-state index contributed by atoms with van der Waals surface area (Å²) in [7, 11) is 0. The van der Waals surface area contributed by atoms with Crippen molar-refractivity contribution in [3.05, 3.63) is 109 Å². The largest absolute Gasteiger partial charge is 0.462 e. The summed E-state index contributed by atoms with van der Waals surface area (Å²) in [5, 5.41) is 0. The number of rotatable bonds is 62. The van der Waals surface area contributed by atoms with Crippen LogP contribution in [0.3, 0.4) is 0 Å². The molecule has 0 aliphatic heterocycles. The fourth-order valence-electron chi connectivity index (χ4n) is 9.59. The predicted molar refractivity (Wildman–Crippen MR) is 353 cm³/mol. The maximum Gasteiger partial charge on any atom is 0.306 e. The molecule has 6 nitrogen and oxygen atoms in total. The number of ether oxygens (including phenoxy) is 3.